The maximum Gasteiger partial charge on any atom is 0.337 e. The Kier molecular flexibility index (Phi) is 3.36. The van der Waals surface area contributed by atoms with E-state index in [4.69, 9.17) is 10.2 Å². The third-order valence-corrected chi connectivity index (χ3v) is 2.09. The van der Waals surface area contributed by atoms with Gasteiger partial charge in [0, 0.05) is 0 Å². The van der Waals surface area contributed by atoms with Crippen LogP contribution in [0, 0.1) is 11.6 Å². The van der Waals surface area contributed by atoms with E-state index in [0.717, 1.165) is 6.07 Å². The van der Waals surface area contributed by atoms with Crippen LogP contribution in [0.3, 0.4) is 0 Å². The van der Waals surface area contributed by atoms with Gasteiger partial charge >= 0.3 is 5.97 Å². The quantitative estimate of drug-likeness (QED) is 0.807. The zero-order chi connectivity index (χ0) is 11.6. The number of aryl methyl sites for hydroxylation is 1. The fourth-order valence-electron chi connectivity index (χ4n) is 1.26. The summed E-state index contributed by atoms with van der Waals surface area (Å²) >= 11 is 0. The lowest BCUT2D eigenvalue weighted by Crippen LogP contribution is -2.15. The van der Waals surface area contributed by atoms with Crippen LogP contribution in [0.2, 0.25) is 0 Å². The molecule has 0 aliphatic rings. The molecule has 0 fully saturated rings. The van der Waals surface area contributed by atoms with Crippen molar-refractivity contribution >= 4 is 5.97 Å². The van der Waals surface area contributed by atoms with Crippen molar-refractivity contribution in [1.82, 2.24) is 0 Å². The number of hydrogen-bond acceptors (Lipinski definition) is 2. The van der Waals surface area contributed by atoms with Gasteiger partial charge in [-0.25, -0.2) is 13.6 Å². The van der Waals surface area contributed by atoms with E-state index in [1.54, 1.807) is 6.92 Å². The summed E-state index contributed by atoms with van der Waals surface area (Å²) in [5, 5.41) is 17.6. The second-order valence-corrected chi connectivity index (χ2v) is 3.03. The molecule has 2 N–H and O–H groups in total. The molecule has 0 radical (unpaired) electrons. The van der Waals surface area contributed by atoms with Gasteiger partial charge in [0.2, 0.25) is 0 Å². The number of hydrogen-bond donors (Lipinski definition) is 2. The maximum absolute atomic E-state index is 13.5. The number of halogens is 2. The van der Waals surface area contributed by atoms with Crippen molar-refractivity contribution in [2.24, 2.45) is 0 Å². The molecule has 15 heavy (non-hydrogen) atoms. The zero-order valence-corrected chi connectivity index (χ0v) is 8.00. The van der Waals surface area contributed by atoms with E-state index in [1.165, 1.54) is 6.07 Å². The van der Waals surface area contributed by atoms with E-state index in [9.17, 15) is 13.6 Å². The summed E-state index contributed by atoms with van der Waals surface area (Å²) in [6, 6.07) is 2.17. The molecule has 0 saturated carbocycles. The Morgan fingerprint density at radius 2 is 2.07 bits per heavy atom. The molecule has 0 aromatic heterocycles. The Bertz CT molecular complexity index is 390. The number of benzene rings is 1. The van der Waals surface area contributed by atoms with Gasteiger partial charge < -0.3 is 10.2 Å². The summed E-state index contributed by atoms with van der Waals surface area (Å²) in [6.07, 6.45) is -1.87. The average Bonchev–Trinajstić information content (AvgIpc) is 2.17. The van der Waals surface area contributed by atoms with Gasteiger partial charge in [0.15, 0.2) is 6.10 Å². The van der Waals surface area contributed by atoms with E-state index in [1.807, 2.05) is 0 Å². The van der Waals surface area contributed by atoms with Crippen LogP contribution in [0.4, 0.5) is 8.78 Å². The van der Waals surface area contributed by atoms with E-state index in [2.05, 4.69) is 0 Å². The minimum atomic E-state index is -2.17. The van der Waals surface area contributed by atoms with Gasteiger partial charge in [-0.2, -0.15) is 0 Å². The molecule has 1 aromatic rings. The standard InChI is InChI=1S/C10H10F2O3/c1-2-5-3-4-6(11)7(8(5)12)9(13)10(14)15/h3-4,9,13H,2H2,1H3,(H,14,15). The van der Waals surface area contributed by atoms with Crippen LogP contribution >= 0.6 is 0 Å². The van der Waals surface area contributed by atoms with Gasteiger partial charge in [-0.15, -0.1) is 0 Å². The summed E-state index contributed by atoms with van der Waals surface area (Å²) in [7, 11) is 0. The molecule has 0 spiro atoms. The number of aliphatic hydroxyl groups is 1. The van der Waals surface area contributed by atoms with Crippen LogP contribution in [0.1, 0.15) is 24.2 Å². The van der Waals surface area contributed by atoms with Crippen molar-refractivity contribution in [3.05, 3.63) is 34.9 Å². The first-order valence-electron chi connectivity index (χ1n) is 4.36. The Morgan fingerprint density at radius 3 is 2.53 bits per heavy atom. The molecule has 3 nitrogen and oxygen atoms in total. The summed E-state index contributed by atoms with van der Waals surface area (Å²) in [5.41, 5.74) is -0.631. The number of rotatable bonds is 3. The monoisotopic (exact) mass is 216 g/mol. The summed E-state index contributed by atoms with van der Waals surface area (Å²) in [4.78, 5) is 10.4. The molecule has 1 aromatic carbocycles. The summed E-state index contributed by atoms with van der Waals surface area (Å²) < 4.78 is 26.6. The number of aliphatic carboxylic acids is 1. The van der Waals surface area contributed by atoms with Gasteiger partial charge in [-0.3, -0.25) is 0 Å². The van der Waals surface area contributed by atoms with Crippen molar-refractivity contribution in [2.45, 2.75) is 19.4 Å². The minimum absolute atomic E-state index is 0.173. The molecule has 5 heteroatoms. The fraction of sp³-hybridized carbons (Fsp3) is 0.300. The van der Waals surface area contributed by atoms with Crippen molar-refractivity contribution in [2.75, 3.05) is 0 Å². The van der Waals surface area contributed by atoms with Crippen molar-refractivity contribution in [3.8, 4) is 0 Å². The number of carbonyl (C=O) groups is 1. The van der Waals surface area contributed by atoms with E-state index in [-0.39, 0.29) is 5.56 Å². The maximum atomic E-state index is 13.5. The Labute approximate surface area is 85.0 Å². The SMILES string of the molecule is CCc1ccc(F)c(C(O)C(=O)O)c1F. The summed E-state index contributed by atoms with van der Waals surface area (Å²) in [5.74, 6) is -3.73. The molecule has 0 aliphatic heterocycles. The lowest BCUT2D eigenvalue weighted by atomic mass is 10.0. The molecule has 0 heterocycles. The lowest BCUT2D eigenvalue weighted by molar-refractivity contribution is -0.147. The largest absolute Gasteiger partial charge is 0.479 e. The predicted octanol–water partition coefficient (Wildman–Crippen LogP) is 1.65. The Hall–Kier alpha value is -1.49. The molecule has 0 amide bonds. The topological polar surface area (TPSA) is 57.5 Å². The first-order valence-corrected chi connectivity index (χ1v) is 4.36. The van der Waals surface area contributed by atoms with E-state index >= 15 is 0 Å². The van der Waals surface area contributed by atoms with Gasteiger partial charge in [0.25, 0.3) is 0 Å². The minimum Gasteiger partial charge on any atom is -0.479 e. The Balaban J connectivity index is 3.32. The van der Waals surface area contributed by atoms with Crippen molar-refractivity contribution in [1.29, 1.82) is 0 Å². The molecule has 1 atom stereocenters. The molecule has 82 valence electrons. The molecule has 1 rings (SSSR count). The van der Waals surface area contributed by atoms with Gasteiger partial charge in [0.1, 0.15) is 11.6 Å². The molecule has 1 unspecified atom stereocenters. The zero-order valence-electron chi connectivity index (χ0n) is 8.00. The van der Waals surface area contributed by atoms with Crippen LogP contribution in [-0.2, 0) is 11.2 Å². The molecular formula is C10H10F2O3. The first-order chi connectivity index (χ1) is 6.99. The second kappa shape index (κ2) is 4.35. The fourth-order valence-corrected chi connectivity index (χ4v) is 1.26. The average molecular weight is 216 g/mol. The second-order valence-electron chi connectivity index (χ2n) is 3.03. The number of aliphatic hydroxyl groups excluding tert-OH is 1. The third-order valence-electron chi connectivity index (χ3n) is 2.09. The highest BCUT2D eigenvalue weighted by atomic mass is 19.1. The van der Waals surface area contributed by atoms with Crippen LogP contribution in [0.5, 0.6) is 0 Å². The highest BCUT2D eigenvalue weighted by Crippen LogP contribution is 2.24. The lowest BCUT2D eigenvalue weighted by Gasteiger charge is -2.10. The third kappa shape index (κ3) is 2.12. The highest BCUT2D eigenvalue weighted by Gasteiger charge is 2.25. The van der Waals surface area contributed by atoms with Crippen molar-refractivity contribution in [3.63, 3.8) is 0 Å². The van der Waals surface area contributed by atoms with Crippen molar-refractivity contribution < 1.29 is 23.8 Å². The number of carboxylic acid groups (broad SMARTS) is 1. The van der Waals surface area contributed by atoms with Gasteiger partial charge in [0.05, 0.1) is 5.56 Å². The smallest absolute Gasteiger partial charge is 0.337 e. The molecular weight excluding hydrogens is 206 g/mol. The highest BCUT2D eigenvalue weighted by molar-refractivity contribution is 5.74. The molecule has 0 aliphatic carbocycles. The molecule has 0 saturated heterocycles. The van der Waals surface area contributed by atoms with Gasteiger partial charge in [-0.1, -0.05) is 13.0 Å². The van der Waals surface area contributed by atoms with E-state index < -0.39 is 29.3 Å². The van der Waals surface area contributed by atoms with Crippen LogP contribution in [0.15, 0.2) is 12.1 Å². The van der Waals surface area contributed by atoms with Gasteiger partial charge in [-0.05, 0) is 18.1 Å². The number of carboxylic acids is 1. The van der Waals surface area contributed by atoms with E-state index in [0.29, 0.717) is 6.42 Å². The summed E-state index contributed by atoms with van der Waals surface area (Å²) in [6.45, 7) is 1.65. The molecule has 0 bridgehead atoms. The van der Waals surface area contributed by atoms with Crippen LogP contribution in [0.25, 0.3) is 0 Å². The van der Waals surface area contributed by atoms with Crippen LogP contribution in [-0.4, -0.2) is 16.2 Å². The first kappa shape index (κ1) is 11.6. The Morgan fingerprint density at radius 1 is 1.47 bits per heavy atom. The predicted molar refractivity (Wildman–Crippen MR) is 48.3 cm³/mol. The van der Waals surface area contributed by atoms with Crippen LogP contribution < -0.4 is 0 Å². The normalized spacial score (nSPS) is 12.5.